The van der Waals surface area contributed by atoms with Gasteiger partial charge in [0.25, 0.3) is 0 Å². The number of aromatic nitrogens is 3. The van der Waals surface area contributed by atoms with Gasteiger partial charge in [-0.3, -0.25) is 0 Å². The number of carboxylic acid groups (broad SMARTS) is 1. The summed E-state index contributed by atoms with van der Waals surface area (Å²) in [5.74, 6) is -0.603. The SMILES string of the molecule is CN(CCCN(C)C1CCCCC1)c1cc(C(=O)O)nc2c1c(C1CCC1)nn2-c1ccccc1. The lowest BCUT2D eigenvalue weighted by molar-refractivity contribution is 0.0691. The molecular formula is C28H37N5O2. The van der Waals surface area contributed by atoms with Gasteiger partial charge in [0.05, 0.1) is 22.5 Å². The van der Waals surface area contributed by atoms with Crippen LogP contribution in [0.5, 0.6) is 0 Å². The van der Waals surface area contributed by atoms with Crippen molar-refractivity contribution in [1.82, 2.24) is 19.7 Å². The quantitative estimate of drug-likeness (QED) is 0.442. The van der Waals surface area contributed by atoms with E-state index in [4.69, 9.17) is 5.10 Å². The molecule has 186 valence electrons. The summed E-state index contributed by atoms with van der Waals surface area (Å²) in [6.45, 7) is 1.91. The molecular weight excluding hydrogens is 438 g/mol. The summed E-state index contributed by atoms with van der Waals surface area (Å²) in [5, 5.41) is 15.9. The van der Waals surface area contributed by atoms with Crippen LogP contribution in [-0.2, 0) is 0 Å². The number of carbonyl (C=O) groups is 1. The Morgan fingerprint density at radius 2 is 1.77 bits per heavy atom. The third-order valence-corrected chi connectivity index (χ3v) is 7.97. The molecule has 0 aliphatic heterocycles. The van der Waals surface area contributed by atoms with Gasteiger partial charge in [-0.15, -0.1) is 0 Å². The molecule has 7 nitrogen and oxygen atoms in total. The number of carboxylic acids is 1. The number of benzene rings is 1. The van der Waals surface area contributed by atoms with Gasteiger partial charge < -0.3 is 14.9 Å². The van der Waals surface area contributed by atoms with Gasteiger partial charge >= 0.3 is 5.97 Å². The molecule has 0 bridgehead atoms. The van der Waals surface area contributed by atoms with Gasteiger partial charge in [0.15, 0.2) is 11.3 Å². The normalized spacial score (nSPS) is 17.1. The zero-order chi connectivity index (χ0) is 24.4. The van der Waals surface area contributed by atoms with Crippen LogP contribution in [0.1, 0.15) is 79.9 Å². The molecule has 1 aromatic carbocycles. The molecule has 2 aromatic heterocycles. The van der Waals surface area contributed by atoms with Gasteiger partial charge in [-0.2, -0.15) is 5.10 Å². The van der Waals surface area contributed by atoms with Gasteiger partial charge in [0.1, 0.15) is 0 Å². The monoisotopic (exact) mass is 475 g/mol. The van der Waals surface area contributed by atoms with Crippen molar-refractivity contribution in [3.63, 3.8) is 0 Å². The number of rotatable bonds is 9. The van der Waals surface area contributed by atoms with Crippen molar-refractivity contribution >= 4 is 22.7 Å². The molecule has 0 saturated heterocycles. The van der Waals surface area contributed by atoms with Crippen molar-refractivity contribution in [2.45, 2.75) is 69.7 Å². The maximum absolute atomic E-state index is 12.0. The lowest BCUT2D eigenvalue weighted by Gasteiger charge is -2.32. The Morgan fingerprint density at radius 3 is 2.43 bits per heavy atom. The van der Waals surface area contributed by atoms with Gasteiger partial charge in [0, 0.05) is 25.6 Å². The summed E-state index contributed by atoms with van der Waals surface area (Å²) in [5.41, 5.74) is 3.59. The van der Waals surface area contributed by atoms with Gasteiger partial charge in [-0.05, 0) is 63.9 Å². The van der Waals surface area contributed by atoms with Crippen LogP contribution in [0, 0.1) is 0 Å². The Morgan fingerprint density at radius 1 is 1.03 bits per heavy atom. The van der Waals surface area contributed by atoms with Gasteiger partial charge in [0.2, 0.25) is 0 Å². The van der Waals surface area contributed by atoms with E-state index in [0.717, 1.165) is 54.8 Å². The molecule has 2 heterocycles. The van der Waals surface area contributed by atoms with Crippen molar-refractivity contribution in [3.8, 4) is 5.69 Å². The number of aromatic carboxylic acids is 1. The molecule has 0 amide bonds. The first-order valence-electron chi connectivity index (χ1n) is 13.2. The number of hydrogen-bond donors (Lipinski definition) is 1. The number of pyridine rings is 1. The number of anilines is 1. The molecule has 0 spiro atoms. The minimum atomic E-state index is -1.01. The molecule has 2 saturated carbocycles. The van der Waals surface area contributed by atoms with Crippen molar-refractivity contribution < 1.29 is 9.90 Å². The van der Waals surface area contributed by atoms with Crippen LogP contribution in [0.4, 0.5) is 5.69 Å². The molecule has 0 radical (unpaired) electrons. The number of hydrogen-bond acceptors (Lipinski definition) is 5. The highest BCUT2D eigenvalue weighted by Crippen LogP contribution is 2.42. The van der Waals surface area contributed by atoms with Crippen molar-refractivity contribution in [2.24, 2.45) is 0 Å². The summed E-state index contributed by atoms with van der Waals surface area (Å²) in [7, 11) is 4.33. The van der Waals surface area contributed by atoms with E-state index in [1.165, 1.54) is 38.5 Å². The molecule has 2 aliphatic carbocycles. The van der Waals surface area contributed by atoms with Gasteiger partial charge in [-0.25, -0.2) is 14.5 Å². The maximum atomic E-state index is 12.0. The Labute approximate surface area is 207 Å². The number of nitrogens with zero attached hydrogens (tertiary/aromatic N) is 5. The van der Waals surface area contributed by atoms with E-state index >= 15 is 0 Å². The first-order chi connectivity index (χ1) is 17.0. The summed E-state index contributed by atoms with van der Waals surface area (Å²) < 4.78 is 1.84. The summed E-state index contributed by atoms with van der Waals surface area (Å²) in [6.07, 6.45) is 11.2. The average molecular weight is 476 g/mol. The topological polar surface area (TPSA) is 74.5 Å². The summed E-state index contributed by atoms with van der Waals surface area (Å²) in [4.78, 5) is 21.4. The molecule has 0 atom stereocenters. The lowest BCUT2D eigenvalue weighted by atomic mass is 9.82. The Kier molecular flexibility index (Phi) is 7.04. The lowest BCUT2D eigenvalue weighted by Crippen LogP contribution is -2.35. The van der Waals surface area contributed by atoms with Crippen LogP contribution in [0.25, 0.3) is 16.7 Å². The number of fused-ring (bicyclic) bond motifs is 1. The fourth-order valence-corrected chi connectivity index (χ4v) is 5.63. The second kappa shape index (κ2) is 10.4. The van der Waals surface area contributed by atoms with Crippen LogP contribution in [0.3, 0.4) is 0 Å². The fourth-order valence-electron chi connectivity index (χ4n) is 5.63. The smallest absolute Gasteiger partial charge is 0.354 e. The first kappa shape index (κ1) is 23.8. The molecule has 7 heteroatoms. The van der Waals surface area contributed by atoms with Crippen molar-refractivity contribution in [2.75, 3.05) is 32.1 Å². The van der Waals surface area contributed by atoms with E-state index in [1.807, 2.05) is 35.0 Å². The molecule has 2 aliphatic rings. The maximum Gasteiger partial charge on any atom is 0.354 e. The van der Waals surface area contributed by atoms with Crippen molar-refractivity contribution in [3.05, 3.63) is 47.8 Å². The standard InChI is InChI=1S/C28H37N5O2/c1-31(21-13-5-3-6-14-21)17-10-18-32(2)24-19-23(28(34)35)29-27-25(24)26(20-11-9-12-20)30-33(27)22-15-7-4-8-16-22/h4,7-8,15-16,19-21H,3,5-6,9-14,17-18H2,1-2H3,(H,34,35). The van der Waals surface area contributed by atoms with Crippen molar-refractivity contribution in [1.29, 1.82) is 0 Å². The molecule has 5 rings (SSSR count). The first-order valence-corrected chi connectivity index (χ1v) is 13.2. The van der Waals surface area contributed by atoms with Gasteiger partial charge in [-0.1, -0.05) is 43.9 Å². The molecule has 2 fully saturated rings. The third kappa shape index (κ3) is 4.92. The van der Waals surface area contributed by atoms with E-state index in [-0.39, 0.29) is 5.69 Å². The van der Waals surface area contributed by atoms with E-state index in [1.54, 1.807) is 6.07 Å². The van der Waals surface area contributed by atoms with E-state index in [2.05, 4.69) is 28.9 Å². The Hall–Kier alpha value is -2.93. The molecule has 3 aromatic rings. The summed E-state index contributed by atoms with van der Waals surface area (Å²) >= 11 is 0. The molecule has 1 N–H and O–H groups in total. The van der Waals surface area contributed by atoms with E-state index < -0.39 is 5.97 Å². The largest absolute Gasteiger partial charge is 0.477 e. The predicted octanol–water partition coefficient (Wildman–Crippen LogP) is 5.48. The second-order valence-electron chi connectivity index (χ2n) is 10.3. The summed E-state index contributed by atoms with van der Waals surface area (Å²) in [6, 6.07) is 12.4. The zero-order valence-electron chi connectivity index (χ0n) is 21.0. The van der Waals surface area contributed by atoms with E-state index in [9.17, 15) is 9.90 Å². The zero-order valence-corrected chi connectivity index (χ0v) is 21.0. The molecule has 0 unspecified atom stereocenters. The highest BCUT2D eigenvalue weighted by Gasteiger charge is 2.30. The minimum absolute atomic E-state index is 0.0657. The number of para-hydroxylation sites is 1. The highest BCUT2D eigenvalue weighted by molar-refractivity contribution is 5.98. The van der Waals surface area contributed by atoms with Crippen LogP contribution < -0.4 is 4.90 Å². The third-order valence-electron chi connectivity index (χ3n) is 7.97. The van der Waals surface area contributed by atoms with Crippen LogP contribution >= 0.6 is 0 Å². The Bertz CT molecular complexity index is 1170. The minimum Gasteiger partial charge on any atom is -0.477 e. The van der Waals surface area contributed by atoms with Crippen LogP contribution in [0.2, 0.25) is 0 Å². The van der Waals surface area contributed by atoms with E-state index in [0.29, 0.717) is 17.6 Å². The average Bonchev–Trinajstić information content (AvgIpc) is 3.22. The second-order valence-corrected chi connectivity index (χ2v) is 10.3. The highest BCUT2D eigenvalue weighted by atomic mass is 16.4. The predicted molar refractivity (Wildman–Crippen MR) is 140 cm³/mol. The van der Waals surface area contributed by atoms with Crippen LogP contribution in [-0.4, -0.2) is 64.0 Å². The Balaban J connectivity index is 1.47. The van der Waals surface area contributed by atoms with Crippen LogP contribution in [0.15, 0.2) is 36.4 Å². The fraction of sp³-hybridized carbons (Fsp3) is 0.536. The molecule has 35 heavy (non-hydrogen) atoms.